The fourth-order valence-corrected chi connectivity index (χ4v) is 9.61. The van der Waals surface area contributed by atoms with Gasteiger partial charge in [-0.15, -0.1) is 0 Å². The summed E-state index contributed by atoms with van der Waals surface area (Å²) < 4.78 is 6.22. The molecule has 0 aromatic rings. The molecule has 0 amide bonds. The first kappa shape index (κ1) is 16.4. The van der Waals surface area contributed by atoms with E-state index in [1.807, 2.05) is 12.2 Å². The third-order valence-corrected chi connectivity index (χ3v) is 10.8. The fourth-order valence-electron chi connectivity index (χ4n) is 9.61. The summed E-state index contributed by atoms with van der Waals surface area (Å²) in [4.78, 5) is 24.4. The van der Waals surface area contributed by atoms with E-state index in [9.17, 15) is 9.59 Å². The minimum Gasteiger partial charge on any atom is -0.458 e. The average Bonchev–Trinajstić information content (AvgIpc) is 3.55. The van der Waals surface area contributed by atoms with Gasteiger partial charge in [-0.05, 0) is 86.2 Å². The maximum atomic E-state index is 12.2. The van der Waals surface area contributed by atoms with Gasteiger partial charge in [-0.1, -0.05) is 25.5 Å². The van der Waals surface area contributed by atoms with Crippen LogP contribution in [0.5, 0.6) is 0 Å². The number of carbonyl (C=O) groups excluding carboxylic acids is 2. The lowest BCUT2D eigenvalue weighted by Gasteiger charge is -2.61. The lowest BCUT2D eigenvalue weighted by Crippen LogP contribution is -2.57. The minimum absolute atomic E-state index is 0.0443. The van der Waals surface area contributed by atoms with E-state index in [1.54, 1.807) is 0 Å². The van der Waals surface area contributed by atoms with Gasteiger partial charge in [0.25, 0.3) is 0 Å². The molecule has 6 aliphatic carbocycles. The third kappa shape index (κ3) is 1.60. The molecule has 2 spiro atoms. The summed E-state index contributed by atoms with van der Waals surface area (Å²) in [5.74, 6) is 3.68. The Balaban J connectivity index is 1.34. The number of hydrogen-bond acceptors (Lipinski definition) is 3. The maximum Gasteiger partial charge on any atom is 0.306 e. The number of fused-ring (bicyclic) bond motifs is 10. The van der Waals surface area contributed by atoms with Gasteiger partial charge >= 0.3 is 5.97 Å². The maximum absolute atomic E-state index is 12.2. The zero-order valence-corrected chi connectivity index (χ0v) is 17.0. The molecule has 7 rings (SSSR count). The Morgan fingerprint density at radius 1 is 1.04 bits per heavy atom. The van der Waals surface area contributed by atoms with Crippen molar-refractivity contribution in [2.75, 3.05) is 0 Å². The van der Waals surface area contributed by atoms with E-state index in [2.05, 4.69) is 19.9 Å². The van der Waals surface area contributed by atoms with Crippen LogP contribution >= 0.6 is 0 Å². The number of allylic oxidation sites excluding steroid dienone is 4. The van der Waals surface area contributed by atoms with Gasteiger partial charge in [-0.3, -0.25) is 9.59 Å². The molecule has 28 heavy (non-hydrogen) atoms. The molecule has 148 valence electrons. The number of carbonyl (C=O) groups is 2. The molecule has 6 fully saturated rings. The summed E-state index contributed by atoms with van der Waals surface area (Å²) in [5.41, 5.74) is 1.82. The van der Waals surface area contributed by atoms with Crippen molar-refractivity contribution in [3.63, 3.8) is 0 Å². The van der Waals surface area contributed by atoms with Crippen LogP contribution in [0.3, 0.4) is 0 Å². The SMILES string of the molecule is C[C@]12C=CC(=O)C=C1C1(CC1)C[C@H]1[C@@H]3[C@@H]4C[C@@H]4[C@@]4(CCC(=O)O4)[C@@]3(C)CC[C@@H]12. The van der Waals surface area contributed by atoms with Crippen LogP contribution in [-0.4, -0.2) is 17.4 Å². The molecule has 0 N–H and O–H groups in total. The van der Waals surface area contributed by atoms with Crippen molar-refractivity contribution in [2.45, 2.75) is 70.8 Å². The Bertz CT molecular complexity index is 893. The van der Waals surface area contributed by atoms with Crippen LogP contribution in [0.4, 0.5) is 0 Å². The summed E-state index contributed by atoms with van der Waals surface area (Å²) >= 11 is 0. The minimum atomic E-state index is -0.156. The third-order valence-electron chi connectivity index (χ3n) is 10.8. The molecule has 1 aliphatic heterocycles. The second kappa shape index (κ2) is 4.52. The van der Waals surface area contributed by atoms with E-state index >= 15 is 0 Å². The van der Waals surface area contributed by atoms with Crippen LogP contribution in [-0.2, 0) is 14.3 Å². The van der Waals surface area contributed by atoms with Crippen molar-refractivity contribution in [3.05, 3.63) is 23.8 Å². The number of rotatable bonds is 0. The van der Waals surface area contributed by atoms with Crippen LogP contribution in [0, 0.1) is 45.8 Å². The summed E-state index contributed by atoms with van der Waals surface area (Å²) in [5, 5.41) is 0. The number of ether oxygens (including phenoxy) is 1. The predicted molar refractivity (Wildman–Crippen MR) is 104 cm³/mol. The molecule has 0 aromatic heterocycles. The first-order chi connectivity index (χ1) is 13.3. The lowest BCUT2D eigenvalue weighted by atomic mass is 9.44. The smallest absolute Gasteiger partial charge is 0.306 e. The molecule has 0 unspecified atom stereocenters. The van der Waals surface area contributed by atoms with Crippen LogP contribution in [0.15, 0.2) is 23.8 Å². The van der Waals surface area contributed by atoms with Crippen molar-refractivity contribution in [3.8, 4) is 0 Å². The highest BCUT2D eigenvalue weighted by atomic mass is 16.6. The molecule has 8 atom stereocenters. The molecular formula is C25H30O3. The van der Waals surface area contributed by atoms with Gasteiger partial charge in [-0.25, -0.2) is 0 Å². The zero-order valence-electron chi connectivity index (χ0n) is 17.0. The molecule has 3 heteroatoms. The molecule has 5 saturated carbocycles. The van der Waals surface area contributed by atoms with E-state index in [-0.39, 0.29) is 28.2 Å². The van der Waals surface area contributed by atoms with E-state index in [0.29, 0.717) is 29.6 Å². The molecule has 7 aliphatic rings. The molecule has 0 bridgehead atoms. The highest BCUT2D eigenvalue weighted by molar-refractivity contribution is 6.01. The Hall–Kier alpha value is -1.38. The topological polar surface area (TPSA) is 43.4 Å². The number of esters is 1. The zero-order chi connectivity index (χ0) is 19.1. The monoisotopic (exact) mass is 378 g/mol. The average molecular weight is 379 g/mol. The van der Waals surface area contributed by atoms with Crippen molar-refractivity contribution in [1.82, 2.24) is 0 Å². The lowest BCUT2D eigenvalue weighted by molar-refractivity contribution is -0.176. The molecule has 1 heterocycles. The Labute approximate surface area is 167 Å². The van der Waals surface area contributed by atoms with E-state index in [1.165, 1.54) is 44.1 Å². The molecule has 1 saturated heterocycles. The van der Waals surface area contributed by atoms with Gasteiger partial charge < -0.3 is 4.74 Å². The van der Waals surface area contributed by atoms with Crippen molar-refractivity contribution < 1.29 is 14.3 Å². The normalized spacial score (nSPS) is 56.6. The summed E-state index contributed by atoms with van der Waals surface area (Å²) in [7, 11) is 0. The Kier molecular flexibility index (Phi) is 2.65. The Morgan fingerprint density at radius 2 is 1.86 bits per heavy atom. The van der Waals surface area contributed by atoms with E-state index < -0.39 is 0 Å². The van der Waals surface area contributed by atoms with Crippen LogP contribution < -0.4 is 0 Å². The quantitative estimate of drug-likeness (QED) is 0.578. The highest BCUT2D eigenvalue weighted by Crippen LogP contribution is 2.81. The van der Waals surface area contributed by atoms with Crippen molar-refractivity contribution in [1.29, 1.82) is 0 Å². The fraction of sp³-hybridized carbons (Fsp3) is 0.760. The van der Waals surface area contributed by atoms with Gasteiger partial charge in [0.15, 0.2) is 5.78 Å². The summed E-state index contributed by atoms with van der Waals surface area (Å²) in [6.45, 7) is 4.90. The van der Waals surface area contributed by atoms with Gasteiger partial charge in [0.2, 0.25) is 0 Å². The second-order valence-electron chi connectivity index (χ2n) is 11.7. The molecule has 0 radical (unpaired) electrons. The van der Waals surface area contributed by atoms with Crippen molar-refractivity contribution in [2.24, 2.45) is 45.8 Å². The van der Waals surface area contributed by atoms with Crippen molar-refractivity contribution >= 4 is 11.8 Å². The molecule has 0 aromatic carbocycles. The van der Waals surface area contributed by atoms with E-state index in [0.717, 1.165) is 18.3 Å². The number of hydrogen-bond donors (Lipinski definition) is 0. The Morgan fingerprint density at radius 3 is 2.57 bits per heavy atom. The summed E-state index contributed by atoms with van der Waals surface area (Å²) in [6.07, 6.45) is 15.2. The largest absolute Gasteiger partial charge is 0.458 e. The van der Waals surface area contributed by atoms with Crippen LogP contribution in [0.25, 0.3) is 0 Å². The van der Waals surface area contributed by atoms with Gasteiger partial charge in [0.1, 0.15) is 5.60 Å². The summed E-state index contributed by atoms with van der Waals surface area (Å²) in [6, 6.07) is 0. The first-order valence-corrected chi connectivity index (χ1v) is 11.5. The molecular weight excluding hydrogens is 348 g/mol. The van der Waals surface area contributed by atoms with E-state index in [4.69, 9.17) is 4.74 Å². The van der Waals surface area contributed by atoms with Gasteiger partial charge in [0, 0.05) is 23.2 Å². The highest BCUT2D eigenvalue weighted by Gasteiger charge is 2.80. The standard InChI is InChI=1S/C25H30O3/c1-22-6-3-14(26)11-19(22)24(9-10-24)13-16-17(22)4-7-23(2)21(16)15-12-18(15)25(23)8-5-20(27)28-25/h3,6,11,15-18,21H,4-5,7-10,12-13H2,1-2H3/t15-,16-,17+,18+,21+,22-,23+,25+/m1/s1. The number of ketones is 1. The first-order valence-electron chi connectivity index (χ1n) is 11.5. The predicted octanol–water partition coefficient (Wildman–Crippen LogP) is 4.62. The van der Waals surface area contributed by atoms with Gasteiger partial charge in [0.05, 0.1) is 0 Å². The van der Waals surface area contributed by atoms with Gasteiger partial charge in [-0.2, -0.15) is 0 Å². The van der Waals surface area contributed by atoms with Crippen LogP contribution in [0.2, 0.25) is 0 Å². The molecule has 3 nitrogen and oxygen atoms in total. The van der Waals surface area contributed by atoms with Crippen LogP contribution in [0.1, 0.15) is 65.2 Å². The second-order valence-corrected chi connectivity index (χ2v) is 11.7.